The molecule has 0 radical (unpaired) electrons. The van der Waals surface area contributed by atoms with Gasteiger partial charge in [0.25, 0.3) is 5.91 Å². The smallest absolute Gasteiger partial charge is 0.252 e. The molecular weight excluding hydrogens is 410 g/mol. The molecule has 2 heterocycles. The van der Waals surface area contributed by atoms with E-state index in [1.165, 1.54) is 11.1 Å². The van der Waals surface area contributed by atoms with Crippen LogP contribution in [0.25, 0.3) is 16.3 Å². The number of rotatable bonds is 7. The Morgan fingerprint density at radius 2 is 2.00 bits per heavy atom. The molecule has 0 spiro atoms. The number of amides is 1. The van der Waals surface area contributed by atoms with Gasteiger partial charge >= 0.3 is 0 Å². The van der Waals surface area contributed by atoms with Crippen molar-refractivity contribution in [2.75, 3.05) is 32.1 Å². The van der Waals surface area contributed by atoms with Crippen molar-refractivity contribution in [3.8, 4) is 0 Å². The standard InChI is InChI=1S/C21H25N3OS2.ClH/c1-15-13-16(2)20-18(14-15)22-21(27-20)24(11-6-10-23(3)4)19(25)9-8-17-7-5-12-26-17;/h5,7-9,12-14H,6,10-11H2,1-4H3;1H. The number of aryl methyl sites for hydroxylation is 2. The number of hydrogen-bond donors (Lipinski definition) is 0. The van der Waals surface area contributed by atoms with Crippen molar-refractivity contribution < 1.29 is 4.79 Å². The predicted molar refractivity (Wildman–Crippen MR) is 125 cm³/mol. The second kappa shape index (κ2) is 10.2. The van der Waals surface area contributed by atoms with E-state index in [1.807, 2.05) is 42.6 Å². The topological polar surface area (TPSA) is 36.4 Å². The van der Waals surface area contributed by atoms with E-state index in [2.05, 4.69) is 30.9 Å². The molecule has 1 amide bonds. The van der Waals surface area contributed by atoms with Gasteiger partial charge in [0.05, 0.1) is 10.2 Å². The van der Waals surface area contributed by atoms with Gasteiger partial charge in [0, 0.05) is 17.5 Å². The van der Waals surface area contributed by atoms with Crippen molar-refractivity contribution in [2.24, 2.45) is 0 Å². The summed E-state index contributed by atoms with van der Waals surface area (Å²) in [6, 6.07) is 8.25. The van der Waals surface area contributed by atoms with Gasteiger partial charge < -0.3 is 4.90 Å². The molecule has 0 aliphatic rings. The molecule has 4 nitrogen and oxygen atoms in total. The van der Waals surface area contributed by atoms with Crippen molar-refractivity contribution in [1.29, 1.82) is 0 Å². The minimum atomic E-state index is -0.0180. The van der Waals surface area contributed by atoms with Crippen LogP contribution in [0.2, 0.25) is 0 Å². The summed E-state index contributed by atoms with van der Waals surface area (Å²) in [6.45, 7) is 5.77. The van der Waals surface area contributed by atoms with E-state index >= 15 is 0 Å². The Labute approximate surface area is 180 Å². The second-order valence-corrected chi connectivity index (χ2v) is 8.88. The minimum Gasteiger partial charge on any atom is -0.309 e. The largest absolute Gasteiger partial charge is 0.309 e. The molecule has 3 rings (SSSR count). The van der Waals surface area contributed by atoms with Crippen molar-refractivity contribution in [1.82, 2.24) is 9.88 Å². The van der Waals surface area contributed by atoms with E-state index in [4.69, 9.17) is 4.98 Å². The lowest BCUT2D eigenvalue weighted by atomic mass is 10.1. The van der Waals surface area contributed by atoms with E-state index in [0.717, 1.165) is 33.2 Å². The van der Waals surface area contributed by atoms with Crippen LogP contribution < -0.4 is 4.90 Å². The molecule has 0 atom stereocenters. The summed E-state index contributed by atoms with van der Waals surface area (Å²) in [7, 11) is 4.10. The summed E-state index contributed by atoms with van der Waals surface area (Å²) in [6.07, 6.45) is 4.44. The number of carbonyl (C=O) groups is 1. The Balaban J connectivity index is 0.00000280. The molecule has 3 aromatic rings. The summed E-state index contributed by atoms with van der Waals surface area (Å²) in [4.78, 5) is 22.7. The van der Waals surface area contributed by atoms with Gasteiger partial charge in [-0.15, -0.1) is 23.7 Å². The molecule has 0 unspecified atom stereocenters. The van der Waals surface area contributed by atoms with Crippen LogP contribution in [0.5, 0.6) is 0 Å². The molecular formula is C21H26ClN3OS2. The quantitative estimate of drug-likeness (QED) is 0.466. The Morgan fingerprint density at radius 3 is 2.68 bits per heavy atom. The average molecular weight is 436 g/mol. The normalized spacial score (nSPS) is 11.3. The van der Waals surface area contributed by atoms with Crippen molar-refractivity contribution in [3.05, 3.63) is 51.7 Å². The molecule has 0 saturated carbocycles. The first-order chi connectivity index (χ1) is 12.9. The van der Waals surface area contributed by atoms with Crippen LogP contribution in [0, 0.1) is 13.8 Å². The number of carbonyl (C=O) groups excluding carboxylic acids is 1. The zero-order valence-corrected chi connectivity index (χ0v) is 19.1. The number of halogens is 1. The highest BCUT2D eigenvalue weighted by Crippen LogP contribution is 2.32. The molecule has 0 aliphatic carbocycles. The van der Waals surface area contributed by atoms with Gasteiger partial charge in [0.1, 0.15) is 0 Å². The molecule has 0 N–H and O–H groups in total. The number of thiazole rings is 1. The molecule has 0 aliphatic heterocycles. The highest BCUT2D eigenvalue weighted by Gasteiger charge is 2.18. The maximum absolute atomic E-state index is 12.9. The predicted octanol–water partition coefficient (Wildman–Crippen LogP) is 5.39. The van der Waals surface area contributed by atoms with Crippen molar-refractivity contribution in [2.45, 2.75) is 20.3 Å². The number of hydrogen-bond acceptors (Lipinski definition) is 5. The Hall–Kier alpha value is -1.73. The van der Waals surface area contributed by atoms with Crippen LogP contribution >= 0.6 is 35.1 Å². The number of thiophene rings is 1. The third kappa shape index (κ3) is 5.64. The van der Waals surface area contributed by atoms with E-state index in [9.17, 15) is 4.79 Å². The second-order valence-electron chi connectivity index (χ2n) is 6.92. The number of benzene rings is 1. The minimum absolute atomic E-state index is 0. The zero-order valence-electron chi connectivity index (χ0n) is 16.6. The van der Waals surface area contributed by atoms with Gasteiger partial charge in [-0.05, 0) is 75.6 Å². The van der Waals surface area contributed by atoms with E-state index in [-0.39, 0.29) is 18.3 Å². The molecule has 0 fully saturated rings. The maximum atomic E-state index is 12.9. The van der Waals surface area contributed by atoms with Crippen molar-refractivity contribution >= 4 is 62.4 Å². The fraction of sp³-hybridized carbons (Fsp3) is 0.333. The van der Waals surface area contributed by atoms with Crippen LogP contribution in [-0.4, -0.2) is 43.0 Å². The third-order valence-corrected chi connectivity index (χ3v) is 6.29. The van der Waals surface area contributed by atoms with Crippen LogP contribution in [0.4, 0.5) is 5.13 Å². The Kier molecular flexibility index (Phi) is 8.19. The van der Waals surface area contributed by atoms with Gasteiger partial charge in [-0.1, -0.05) is 23.5 Å². The molecule has 7 heteroatoms. The number of anilines is 1. The fourth-order valence-electron chi connectivity index (χ4n) is 2.96. The summed E-state index contributed by atoms with van der Waals surface area (Å²) >= 11 is 3.22. The molecule has 0 bridgehead atoms. The van der Waals surface area contributed by atoms with Gasteiger partial charge in [-0.3, -0.25) is 9.69 Å². The van der Waals surface area contributed by atoms with Crippen LogP contribution in [0.3, 0.4) is 0 Å². The summed E-state index contributed by atoms with van der Waals surface area (Å²) in [5, 5.41) is 2.79. The van der Waals surface area contributed by atoms with Crippen molar-refractivity contribution in [3.63, 3.8) is 0 Å². The number of nitrogens with zero attached hydrogens (tertiary/aromatic N) is 3. The van der Waals surface area contributed by atoms with Crippen LogP contribution in [-0.2, 0) is 4.79 Å². The van der Waals surface area contributed by atoms with Gasteiger partial charge in [-0.2, -0.15) is 0 Å². The first-order valence-corrected chi connectivity index (χ1v) is 10.7. The summed E-state index contributed by atoms with van der Waals surface area (Å²) in [5.41, 5.74) is 3.38. The summed E-state index contributed by atoms with van der Waals surface area (Å²) in [5.74, 6) is -0.0180. The average Bonchev–Trinajstić information content (AvgIpc) is 3.25. The lowest BCUT2D eigenvalue weighted by molar-refractivity contribution is -0.114. The zero-order chi connectivity index (χ0) is 19.4. The monoisotopic (exact) mass is 435 g/mol. The highest BCUT2D eigenvalue weighted by molar-refractivity contribution is 7.22. The molecule has 2 aromatic heterocycles. The molecule has 1 aromatic carbocycles. The molecule has 150 valence electrons. The van der Waals surface area contributed by atoms with E-state index in [1.54, 1.807) is 28.7 Å². The highest BCUT2D eigenvalue weighted by atomic mass is 35.5. The lowest BCUT2D eigenvalue weighted by Gasteiger charge is -2.19. The lowest BCUT2D eigenvalue weighted by Crippen LogP contribution is -2.32. The first-order valence-electron chi connectivity index (χ1n) is 8.99. The van der Waals surface area contributed by atoms with Crippen LogP contribution in [0.1, 0.15) is 22.4 Å². The third-order valence-electron chi connectivity index (χ3n) is 4.23. The Morgan fingerprint density at radius 1 is 1.21 bits per heavy atom. The van der Waals surface area contributed by atoms with E-state index < -0.39 is 0 Å². The number of aromatic nitrogens is 1. The van der Waals surface area contributed by atoms with E-state index in [0.29, 0.717) is 6.54 Å². The summed E-state index contributed by atoms with van der Waals surface area (Å²) < 4.78 is 1.16. The van der Waals surface area contributed by atoms with Gasteiger partial charge in [-0.25, -0.2) is 4.98 Å². The fourth-order valence-corrected chi connectivity index (χ4v) is 4.62. The SMILES string of the molecule is Cc1cc(C)c2sc(N(CCCN(C)C)C(=O)C=Cc3cccs3)nc2c1.Cl. The molecule has 0 saturated heterocycles. The van der Waals surface area contributed by atoms with Gasteiger partial charge in [0.2, 0.25) is 0 Å². The first kappa shape index (κ1) is 22.6. The van der Waals surface area contributed by atoms with Crippen LogP contribution in [0.15, 0.2) is 35.7 Å². The number of fused-ring (bicyclic) bond motifs is 1. The Bertz CT molecular complexity index is 948. The molecule has 28 heavy (non-hydrogen) atoms. The van der Waals surface area contributed by atoms with Gasteiger partial charge in [0.15, 0.2) is 5.13 Å². The maximum Gasteiger partial charge on any atom is 0.252 e.